The maximum absolute atomic E-state index is 12.8. The molecule has 0 heterocycles. The molecule has 0 amide bonds. The van der Waals surface area contributed by atoms with Crippen LogP contribution in [0.3, 0.4) is 0 Å². The van der Waals surface area contributed by atoms with Gasteiger partial charge in [-0.25, -0.2) is 4.57 Å². The molecule has 8 atom stereocenters. The molecule has 0 aromatic heterocycles. The van der Waals surface area contributed by atoms with Gasteiger partial charge in [-0.2, -0.15) is 0 Å². The number of carbonyl (C=O) groups excluding carboxylic acids is 2. The zero-order valence-corrected chi connectivity index (χ0v) is 39.8. The van der Waals surface area contributed by atoms with E-state index in [0.717, 1.165) is 38.5 Å². The van der Waals surface area contributed by atoms with Crippen LogP contribution < -0.4 is 0 Å². The second-order valence-corrected chi connectivity index (χ2v) is 19.1. The first-order chi connectivity index (χ1) is 29.9. The number of allylic oxidation sites excluding steroid dienone is 2. The van der Waals surface area contributed by atoms with Crippen LogP contribution in [0.1, 0.15) is 226 Å². The first-order valence-electron chi connectivity index (χ1n) is 25.0. The van der Waals surface area contributed by atoms with Crippen LogP contribution in [0.25, 0.3) is 0 Å². The fraction of sp³-hybridized carbons (Fsp3) is 0.917. The molecule has 62 heavy (non-hydrogen) atoms. The van der Waals surface area contributed by atoms with Crippen LogP contribution in [0, 0.1) is 0 Å². The molecular formula is C48H91O13P. The minimum absolute atomic E-state index is 0.0989. The van der Waals surface area contributed by atoms with Gasteiger partial charge in [-0.1, -0.05) is 187 Å². The Balaban J connectivity index is 2.42. The van der Waals surface area contributed by atoms with Crippen molar-refractivity contribution in [2.45, 2.75) is 268 Å². The van der Waals surface area contributed by atoms with Gasteiger partial charge in [-0.15, -0.1) is 0 Å². The van der Waals surface area contributed by atoms with Crippen LogP contribution in [0.5, 0.6) is 0 Å². The molecule has 0 aliphatic heterocycles. The van der Waals surface area contributed by atoms with E-state index in [-0.39, 0.29) is 12.8 Å². The van der Waals surface area contributed by atoms with E-state index in [9.17, 15) is 44.6 Å². The molecule has 1 rings (SSSR count). The summed E-state index contributed by atoms with van der Waals surface area (Å²) in [5, 5.41) is 50.2. The Morgan fingerprint density at radius 3 is 1.26 bits per heavy atom. The predicted octanol–water partition coefficient (Wildman–Crippen LogP) is 10.2. The Bertz CT molecular complexity index is 1140. The minimum Gasteiger partial charge on any atom is -0.462 e. The topological polar surface area (TPSA) is 210 Å². The number of hydrogen-bond donors (Lipinski definition) is 6. The third kappa shape index (κ3) is 30.7. The fourth-order valence-electron chi connectivity index (χ4n) is 7.81. The van der Waals surface area contributed by atoms with E-state index in [1.807, 2.05) is 0 Å². The number of phosphoric ester groups is 1. The number of ether oxygens (including phenoxy) is 2. The normalized spacial score (nSPS) is 21.9. The summed E-state index contributed by atoms with van der Waals surface area (Å²) in [6, 6.07) is 0. The Kier molecular flexibility index (Phi) is 36.7. The van der Waals surface area contributed by atoms with E-state index >= 15 is 0 Å². The lowest BCUT2D eigenvalue weighted by Crippen LogP contribution is -2.64. The average Bonchev–Trinajstić information content (AvgIpc) is 3.25. The Labute approximate surface area is 375 Å². The quantitative estimate of drug-likeness (QED) is 0.0146. The van der Waals surface area contributed by atoms with Crippen molar-refractivity contribution in [3.63, 3.8) is 0 Å². The van der Waals surface area contributed by atoms with E-state index in [1.54, 1.807) is 0 Å². The first kappa shape index (κ1) is 58.6. The molecule has 6 N–H and O–H groups in total. The van der Waals surface area contributed by atoms with Crippen molar-refractivity contribution >= 4 is 19.8 Å². The molecule has 0 spiro atoms. The van der Waals surface area contributed by atoms with Crippen molar-refractivity contribution in [1.82, 2.24) is 0 Å². The lowest BCUT2D eigenvalue weighted by molar-refractivity contribution is -0.220. The number of carbonyl (C=O) groups is 2. The highest BCUT2D eigenvalue weighted by Crippen LogP contribution is 2.47. The minimum atomic E-state index is -5.12. The number of esters is 2. The molecule has 366 valence electrons. The smallest absolute Gasteiger partial charge is 0.462 e. The second-order valence-electron chi connectivity index (χ2n) is 17.7. The molecule has 1 aliphatic rings. The molecule has 0 aromatic rings. The van der Waals surface area contributed by atoms with Gasteiger partial charge < -0.3 is 39.9 Å². The van der Waals surface area contributed by atoms with Gasteiger partial charge in [0.2, 0.25) is 0 Å². The van der Waals surface area contributed by atoms with Gasteiger partial charge in [-0.3, -0.25) is 18.6 Å². The zero-order chi connectivity index (χ0) is 45.7. The molecule has 0 bridgehead atoms. The molecule has 0 saturated heterocycles. The van der Waals surface area contributed by atoms with Gasteiger partial charge >= 0.3 is 19.8 Å². The van der Waals surface area contributed by atoms with Crippen molar-refractivity contribution in [2.24, 2.45) is 0 Å². The predicted molar refractivity (Wildman–Crippen MR) is 244 cm³/mol. The molecule has 13 nitrogen and oxygen atoms in total. The summed E-state index contributed by atoms with van der Waals surface area (Å²) in [5.74, 6) is -1.11. The van der Waals surface area contributed by atoms with Crippen molar-refractivity contribution in [3.8, 4) is 0 Å². The highest BCUT2D eigenvalue weighted by Gasteiger charge is 2.51. The summed E-state index contributed by atoms with van der Waals surface area (Å²) < 4.78 is 33.6. The van der Waals surface area contributed by atoms with Crippen LogP contribution in [0.4, 0.5) is 0 Å². The molecule has 0 aromatic carbocycles. The molecule has 1 saturated carbocycles. The van der Waals surface area contributed by atoms with Crippen molar-refractivity contribution in [2.75, 3.05) is 13.2 Å². The molecule has 14 heteroatoms. The lowest BCUT2D eigenvalue weighted by atomic mass is 9.85. The summed E-state index contributed by atoms with van der Waals surface area (Å²) in [7, 11) is -5.12. The van der Waals surface area contributed by atoms with Crippen LogP contribution in [-0.2, 0) is 32.7 Å². The molecule has 0 radical (unpaired) electrons. The summed E-state index contributed by atoms with van der Waals surface area (Å²) in [6.07, 6.45) is 28.4. The van der Waals surface area contributed by atoms with E-state index < -0.39 is 75.7 Å². The van der Waals surface area contributed by atoms with Gasteiger partial charge in [0.1, 0.15) is 43.2 Å². The molecular weight excluding hydrogens is 815 g/mol. The second kappa shape index (κ2) is 38.8. The highest BCUT2D eigenvalue weighted by atomic mass is 31.2. The third-order valence-corrected chi connectivity index (χ3v) is 12.8. The zero-order valence-electron chi connectivity index (χ0n) is 38.9. The van der Waals surface area contributed by atoms with Crippen LogP contribution in [-0.4, -0.2) is 98.3 Å². The van der Waals surface area contributed by atoms with Crippen molar-refractivity contribution in [3.05, 3.63) is 12.2 Å². The Morgan fingerprint density at radius 1 is 0.484 bits per heavy atom. The van der Waals surface area contributed by atoms with Gasteiger partial charge in [0, 0.05) is 12.8 Å². The molecule has 1 fully saturated rings. The Morgan fingerprint density at radius 2 is 0.823 bits per heavy atom. The number of aliphatic hydroxyl groups excluding tert-OH is 5. The fourth-order valence-corrected chi connectivity index (χ4v) is 8.79. The number of phosphoric acid groups is 1. The lowest BCUT2D eigenvalue weighted by Gasteiger charge is -2.41. The number of unbranched alkanes of at least 4 members (excludes halogenated alkanes) is 28. The van der Waals surface area contributed by atoms with Gasteiger partial charge in [0.25, 0.3) is 0 Å². The first-order valence-corrected chi connectivity index (χ1v) is 26.5. The standard InChI is InChI=1S/C48H91O13P/c1-3-5-7-9-11-13-15-17-19-20-21-23-25-27-29-31-33-35-37-42(50)60-40(39-59-62(56,57)61-48-46(54)44(52)43(51)45(53)47(48)55)38-58-41(49)36-34-32-30-28-26-24-22-18-16-14-12-10-8-6-4-2/h26,28,40,43-48,51-55H,3-25,27,29-39H2,1-2H3,(H,56,57)/b28-26+/t40-,43?,44+,45?,46?,47?,48?/m1/s1. The third-order valence-electron chi connectivity index (χ3n) is 11.9. The Hall–Kier alpha value is -1.41. The molecule has 6 unspecified atom stereocenters. The van der Waals surface area contributed by atoms with Crippen molar-refractivity contribution in [1.29, 1.82) is 0 Å². The van der Waals surface area contributed by atoms with E-state index in [4.69, 9.17) is 18.5 Å². The van der Waals surface area contributed by atoms with Gasteiger partial charge in [0.05, 0.1) is 6.61 Å². The van der Waals surface area contributed by atoms with Crippen LogP contribution in [0.2, 0.25) is 0 Å². The van der Waals surface area contributed by atoms with Crippen LogP contribution in [0.15, 0.2) is 12.2 Å². The number of aliphatic hydroxyl groups is 5. The number of hydrogen-bond acceptors (Lipinski definition) is 12. The average molecular weight is 907 g/mol. The largest absolute Gasteiger partial charge is 0.472 e. The van der Waals surface area contributed by atoms with E-state index in [2.05, 4.69) is 26.0 Å². The van der Waals surface area contributed by atoms with Gasteiger partial charge in [0.15, 0.2) is 6.10 Å². The van der Waals surface area contributed by atoms with Gasteiger partial charge in [-0.05, 0) is 38.5 Å². The summed E-state index contributed by atoms with van der Waals surface area (Å²) in [5.41, 5.74) is 0. The molecule has 1 aliphatic carbocycles. The highest BCUT2D eigenvalue weighted by molar-refractivity contribution is 7.47. The summed E-state index contributed by atoms with van der Waals surface area (Å²) >= 11 is 0. The number of rotatable bonds is 42. The maximum atomic E-state index is 12.8. The van der Waals surface area contributed by atoms with E-state index in [1.165, 1.54) is 148 Å². The van der Waals surface area contributed by atoms with Crippen LogP contribution >= 0.6 is 7.82 Å². The van der Waals surface area contributed by atoms with Crippen molar-refractivity contribution < 1.29 is 63.1 Å². The summed E-state index contributed by atoms with van der Waals surface area (Å²) in [4.78, 5) is 35.8. The maximum Gasteiger partial charge on any atom is 0.472 e. The SMILES string of the molecule is CCCCCCCCCCC/C=C/CCCCC(=O)OC[C@H](COP(=O)(O)OC1C(O)C(O)C(O)[C@H](O)C1O)OC(=O)CCCCCCCCCCCCCCCCCCCC. The monoisotopic (exact) mass is 907 g/mol. The van der Waals surface area contributed by atoms with E-state index in [0.29, 0.717) is 12.8 Å². The summed E-state index contributed by atoms with van der Waals surface area (Å²) in [6.45, 7) is 3.31.